The number of carbonyl (C=O) groups excluding carboxylic acids is 4. The first-order chi connectivity index (χ1) is 19.6. The molecule has 1 saturated heterocycles. The van der Waals surface area contributed by atoms with Crippen molar-refractivity contribution < 1.29 is 28.7 Å². The number of carbonyl (C=O) groups is 4. The van der Waals surface area contributed by atoms with Crippen molar-refractivity contribution in [1.82, 2.24) is 20.4 Å². The number of fused-ring (bicyclic) bond motifs is 2. The molecule has 3 atom stereocenters. The second-order valence-corrected chi connectivity index (χ2v) is 11.2. The van der Waals surface area contributed by atoms with E-state index in [4.69, 9.17) is 21.1 Å². The van der Waals surface area contributed by atoms with E-state index in [1.165, 1.54) is 4.90 Å². The minimum absolute atomic E-state index is 0.169. The van der Waals surface area contributed by atoms with Crippen LogP contribution in [0, 0.1) is 5.92 Å². The standard InChI is InChI=1S/C30H37ClN4O6/c1-19(2)27-30(39)35-14-6-7-21(35)18-41-25-9-5-4-8-23(25)28(37)32-24(17-26(36)33-27)29(38)34(3)15-16-40-22-12-10-20(31)11-13-22/h4-5,8-13,19,21,24,27H,6-7,14-18H2,1-3H3,(H,32,37)(H,33,36)/t21-,24-,27+/m0/s1. The zero-order chi connectivity index (χ0) is 29.5. The Labute approximate surface area is 245 Å². The van der Waals surface area contributed by atoms with Gasteiger partial charge >= 0.3 is 0 Å². The molecule has 1 fully saturated rings. The number of hydrogen-bond acceptors (Lipinski definition) is 6. The summed E-state index contributed by atoms with van der Waals surface area (Å²) >= 11 is 5.92. The number of amides is 4. The molecule has 2 aliphatic rings. The van der Waals surface area contributed by atoms with Crippen LogP contribution < -0.4 is 20.1 Å². The van der Waals surface area contributed by atoms with Gasteiger partial charge in [-0.2, -0.15) is 0 Å². The number of para-hydroxylation sites is 1. The third-order valence-corrected chi connectivity index (χ3v) is 7.60. The highest BCUT2D eigenvalue weighted by Crippen LogP contribution is 2.24. The first kappa shape index (κ1) is 30.2. The van der Waals surface area contributed by atoms with Crippen LogP contribution in [-0.4, -0.2) is 84.9 Å². The second-order valence-electron chi connectivity index (χ2n) is 10.7. The first-order valence-corrected chi connectivity index (χ1v) is 14.3. The van der Waals surface area contributed by atoms with Gasteiger partial charge in [-0.3, -0.25) is 19.2 Å². The zero-order valence-electron chi connectivity index (χ0n) is 23.6. The number of nitrogens with zero attached hydrogens (tertiary/aromatic N) is 2. The van der Waals surface area contributed by atoms with Gasteiger partial charge in [0.25, 0.3) is 5.91 Å². The van der Waals surface area contributed by atoms with E-state index in [0.717, 1.165) is 12.8 Å². The van der Waals surface area contributed by atoms with Crippen molar-refractivity contribution in [3.8, 4) is 11.5 Å². The van der Waals surface area contributed by atoms with Crippen molar-refractivity contribution in [2.45, 2.75) is 51.2 Å². The van der Waals surface area contributed by atoms with E-state index in [0.29, 0.717) is 23.1 Å². The van der Waals surface area contributed by atoms with E-state index in [-0.39, 0.29) is 49.6 Å². The van der Waals surface area contributed by atoms with Crippen molar-refractivity contribution in [1.29, 1.82) is 0 Å². The van der Waals surface area contributed by atoms with Gasteiger partial charge in [0.15, 0.2) is 0 Å². The van der Waals surface area contributed by atoms with Gasteiger partial charge in [-0.05, 0) is 55.2 Å². The van der Waals surface area contributed by atoms with Crippen LogP contribution in [-0.2, 0) is 14.4 Å². The summed E-state index contributed by atoms with van der Waals surface area (Å²) in [6.45, 7) is 4.91. The van der Waals surface area contributed by atoms with Gasteiger partial charge in [-0.25, -0.2) is 0 Å². The lowest BCUT2D eigenvalue weighted by Crippen LogP contribution is -2.55. The van der Waals surface area contributed by atoms with Gasteiger partial charge in [0, 0.05) is 18.6 Å². The highest BCUT2D eigenvalue weighted by molar-refractivity contribution is 6.30. The van der Waals surface area contributed by atoms with Crippen molar-refractivity contribution in [2.24, 2.45) is 5.92 Å². The molecule has 2 N–H and O–H groups in total. The molecule has 0 saturated carbocycles. The monoisotopic (exact) mass is 584 g/mol. The minimum atomic E-state index is -1.18. The van der Waals surface area contributed by atoms with Crippen LogP contribution in [0.2, 0.25) is 5.02 Å². The van der Waals surface area contributed by atoms with Gasteiger partial charge < -0.3 is 29.9 Å². The predicted octanol–water partition coefficient (Wildman–Crippen LogP) is 2.89. The van der Waals surface area contributed by atoms with Crippen LogP contribution in [0.3, 0.4) is 0 Å². The van der Waals surface area contributed by atoms with E-state index >= 15 is 0 Å². The highest BCUT2D eigenvalue weighted by atomic mass is 35.5. The Morgan fingerprint density at radius 1 is 1.12 bits per heavy atom. The fourth-order valence-corrected chi connectivity index (χ4v) is 5.14. The van der Waals surface area contributed by atoms with Crippen molar-refractivity contribution in [3.63, 3.8) is 0 Å². The summed E-state index contributed by atoms with van der Waals surface area (Å²) in [5.74, 6) is -0.907. The average molecular weight is 585 g/mol. The molecule has 0 aromatic heterocycles. The largest absolute Gasteiger partial charge is 0.492 e. The summed E-state index contributed by atoms with van der Waals surface area (Å²) in [5, 5.41) is 6.15. The predicted molar refractivity (Wildman–Crippen MR) is 154 cm³/mol. The minimum Gasteiger partial charge on any atom is -0.492 e. The van der Waals surface area contributed by atoms with E-state index in [2.05, 4.69) is 10.6 Å². The van der Waals surface area contributed by atoms with Crippen LogP contribution in [0.5, 0.6) is 11.5 Å². The summed E-state index contributed by atoms with van der Waals surface area (Å²) in [7, 11) is 1.58. The Balaban J connectivity index is 1.55. The second kappa shape index (κ2) is 13.7. The third-order valence-electron chi connectivity index (χ3n) is 7.35. The Hall–Kier alpha value is -3.79. The van der Waals surface area contributed by atoms with Gasteiger partial charge in [-0.1, -0.05) is 37.6 Å². The quantitative estimate of drug-likeness (QED) is 0.539. The molecule has 2 aromatic carbocycles. The molecule has 4 rings (SSSR count). The highest BCUT2D eigenvalue weighted by Gasteiger charge is 2.37. The van der Waals surface area contributed by atoms with Gasteiger partial charge in [0.2, 0.25) is 17.7 Å². The lowest BCUT2D eigenvalue weighted by atomic mass is 10.0. The molecule has 220 valence electrons. The zero-order valence-corrected chi connectivity index (χ0v) is 24.4. The maximum absolute atomic E-state index is 13.5. The topological polar surface area (TPSA) is 117 Å². The maximum atomic E-state index is 13.5. The normalized spacial score (nSPS) is 21.6. The van der Waals surface area contributed by atoms with Crippen LogP contribution in [0.15, 0.2) is 48.5 Å². The molecule has 11 heteroatoms. The Kier molecular flexibility index (Phi) is 10.1. The molecule has 0 bridgehead atoms. The number of nitrogens with one attached hydrogen (secondary N) is 2. The Morgan fingerprint density at radius 2 is 1.85 bits per heavy atom. The molecule has 2 aliphatic heterocycles. The molecule has 10 nitrogen and oxygen atoms in total. The average Bonchev–Trinajstić information content (AvgIpc) is 3.43. The number of halogens is 1. The van der Waals surface area contributed by atoms with E-state index in [1.54, 1.807) is 60.5 Å². The number of likely N-dealkylation sites (N-methyl/N-ethyl adjacent to an activating group) is 1. The van der Waals surface area contributed by atoms with Gasteiger partial charge in [-0.15, -0.1) is 0 Å². The maximum Gasteiger partial charge on any atom is 0.255 e. The summed E-state index contributed by atoms with van der Waals surface area (Å²) in [6.07, 6.45) is 1.25. The van der Waals surface area contributed by atoms with Crippen LogP contribution in [0.25, 0.3) is 0 Å². The van der Waals surface area contributed by atoms with Crippen molar-refractivity contribution in [3.05, 3.63) is 59.1 Å². The number of ether oxygens (including phenoxy) is 2. The van der Waals surface area contributed by atoms with E-state index in [1.807, 2.05) is 13.8 Å². The van der Waals surface area contributed by atoms with E-state index in [9.17, 15) is 19.2 Å². The molecular weight excluding hydrogens is 548 g/mol. The lowest BCUT2D eigenvalue weighted by Gasteiger charge is -2.32. The summed E-state index contributed by atoms with van der Waals surface area (Å²) in [4.78, 5) is 56.9. The summed E-state index contributed by atoms with van der Waals surface area (Å²) in [5.41, 5.74) is 0.243. The van der Waals surface area contributed by atoms with Crippen LogP contribution in [0.4, 0.5) is 0 Å². The van der Waals surface area contributed by atoms with Crippen molar-refractivity contribution in [2.75, 3.05) is 33.4 Å². The molecule has 0 spiro atoms. The molecule has 0 aliphatic carbocycles. The molecule has 2 heterocycles. The first-order valence-electron chi connectivity index (χ1n) is 13.9. The van der Waals surface area contributed by atoms with Gasteiger partial charge in [0.1, 0.15) is 36.8 Å². The lowest BCUT2D eigenvalue weighted by molar-refractivity contribution is -0.139. The number of benzene rings is 2. The van der Waals surface area contributed by atoms with Crippen LogP contribution >= 0.6 is 11.6 Å². The summed E-state index contributed by atoms with van der Waals surface area (Å²) in [6, 6.07) is 11.5. The van der Waals surface area contributed by atoms with Gasteiger partial charge in [0.05, 0.1) is 24.6 Å². The molecule has 4 amide bonds. The van der Waals surface area contributed by atoms with Crippen LogP contribution in [0.1, 0.15) is 43.5 Å². The fourth-order valence-electron chi connectivity index (χ4n) is 5.02. The third kappa shape index (κ3) is 7.70. The fraction of sp³-hybridized carbons (Fsp3) is 0.467. The Morgan fingerprint density at radius 3 is 2.59 bits per heavy atom. The summed E-state index contributed by atoms with van der Waals surface area (Å²) < 4.78 is 11.8. The number of hydrogen-bond donors (Lipinski definition) is 2. The molecule has 41 heavy (non-hydrogen) atoms. The van der Waals surface area contributed by atoms with Crippen molar-refractivity contribution >= 4 is 35.2 Å². The van der Waals surface area contributed by atoms with E-state index < -0.39 is 29.8 Å². The SMILES string of the molecule is CC(C)[C@H]1NC(=O)C[C@@H](C(=O)N(C)CCOc2ccc(Cl)cc2)NC(=O)c2ccccc2OC[C@@H]2CCCN2C1=O. The molecule has 2 aromatic rings. The smallest absolute Gasteiger partial charge is 0.255 e. The Bertz CT molecular complexity index is 1250. The molecule has 0 unspecified atom stereocenters. The molecular formula is C30H37ClN4O6. The molecule has 0 radical (unpaired) electrons. The number of rotatable bonds is 6.